The molecule has 0 aliphatic carbocycles. The highest BCUT2D eigenvalue weighted by atomic mass is 15.3. The number of fused-ring (bicyclic) bond motifs is 1. The summed E-state index contributed by atoms with van der Waals surface area (Å²) in [6.45, 7) is 10.5. The molecule has 0 aliphatic heterocycles. The SMILES string of the molecule is Cc1cc(-c2c(C)nc3ncnn3c2N)c(C)c(C)c1C. The number of anilines is 1. The Kier molecular flexibility index (Phi) is 2.93. The zero-order valence-corrected chi connectivity index (χ0v) is 13.0. The van der Waals surface area contributed by atoms with Crippen LogP contribution in [0.5, 0.6) is 0 Å². The molecule has 5 heteroatoms. The lowest BCUT2D eigenvalue weighted by Gasteiger charge is -2.17. The molecule has 0 unspecified atom stereocenters. The number of nitrogens with two attached hydrogens (primary N) is 1. The van der Waals surface area contributed by atoms with Crippen molar-refractivity contribution in [3.05, 3.63) is 40.3 Å². The lowest BCUT2D eigenvalue weighted by atomic mass is 9.90. The fraction of sp³-hybridized carbons (Fsp3) is 0.312. The molecule has 3 rings (SSSR count). The lowest BCUT2D eigenvalue weighted by molar-refractivity contribution is 0.943. The zero-order chi connectivity index (χ0) is 15.3. The molecule has 0 saturated carbocycles. The topological polar surface area (TPSA) is 69.1 Å². The summed E-state index contributed by atoms with van der Waals surface area (Å²) >= 11 is 0. The number of nitrogens with zero attached hydrogens (tertiary/aromatic N) is 4. The molecule has 0 spiro atoms. The first kappa shape index (κ1) is 13.5. The summed E-state index contributed by atoms with van der Waals surface area (Å²) in [5, 5.41) is 4.16. The molecule has 0 fully saturated rings. The first-order valence-electron chi connectivity index (χ1n) is 6.95. The highest BCUT2D eigenvalue weighted by molar-refractivity contribution is 5.81. The first-order valence-corrected chi connectivity index (χ1v) is 6.95. The van der Waals surface area contributed by atoms with Gasteiger partial charge in [-0.3, -0.25) is 0 Å². The maximum atomic E-state index is 6.32. The standard InChI is InChI=1S/C16H19N5/c1-8-6-13(11(4)10(3)9(8)2)14-12(5)20-16-18-7-19-21(16)15(14)17/h6-7H,17H2,1-5H3. The molecule has 0 amide bonds. The second-order valence-corrected chi connectivity index (χ2v) is 5.55. The largest absolute Gasteiger partial charge is 0.383 e. The monoisotopic (exact) mass is 281 g/mol. The van der Waals surface area contributed by atoms with Gasteiger partial charge in [0.2, 0.25) is 0 Å². The Morgan fingerprint density at radius 1 is 1.00 bits per heavy atom. The predicted molar refractivity (Wildman–Crippen MR) is 84.3 cm³/mol. The Morgan fingerprint density at radius 3 is 2.43 bits per heavy atom. The van der Waals surface area contributed by atoms with Crippen LogP contribution in [0.4, 0.5) is 5.82 Å². The Labute approximate surface area is 123 Å². The van der Waals surface area contributed by atoms with E-state index < -0.39 is 0 Å². The third kappa shape index (κ3) is 1.88. The number of aryl methyl sites for hydroxylation is 2. The smallest absolute Gasteiger partial charge is 0.254 e. The second-order valence-electron chi connectivity index (χ2n) is 5.55. The summed E-state index contributed by atoms with van der Waals surface area (Å²) in [5.41, 5.74) is 14.4. The van der Waals surface area contributed by atoms with Gasteiger partial charge in [-0.05, 0) is 62.4 Å². The summed E-state index contributed by atoms with van der Waals surface area (Å²) in [6, 6.07) is 2.18. The Morgan fingerprint density at radius 2 is 1.71 bits per heavy atom. The van der Waals surface area contributed by atoms with E-state index in [0.29, 0.717) is 11.6 Å². The van der Waals surface area contributed by atoms with Crippen molar-refractivity contribution in [2.75, 3.05) is 5.73 Å². The highest BCUT2D eigenvalue weighted by Gasteiger charge is 2.17. The molecule has 108 valence electrons. The van der Waals surface area contributed by atoms with Crippen LogP contribution in [0.25, 0.3) is 16.9 Å². The number of aromatic nitrogens is 4. The van der Waals surface area contributed by atoms with E-state index in [0.717, 1.165) is 16.8 Å². The quantitative estimate of drug-likeness (QED) is 0.744. The van der Waals surface area contributed by atoms with Crippen molar-refractivity contribution in [2.24, 2.45) is 0 Å². The average Bonchev–Trinajstić information content (AvgIpc) is 2.90. The molecule has 1 aromatic carbocycles. The molecule has 0 atom stereocenters. The molecule has 0 aliphatic rings. The van der Waals surface area contributed by atoms with Crippen LogP contribution in [0.3, 0.4) is 0 Å². The summed E-state index contributed by atoms with van der Waals surface area (Å²) < 4.78 is 1.59. The summed E-state index contributed by atoms with van der Waals surface area (Å²) in [6.07, 6.45) is 1.47. The molecule has 0 saturated heterocycles. The lowest BCUT2D eigenvalue weighted by Crippen LogP contribution is -2.07. The maximum absolute atomic E-state index is 6.32. The molecule has 0 radical (unpaired) electrons. The molecule has 3 aromatic rings. The van der Waals surface area contributed by atoms with E-state index in [2.05, 4.69) is 48.8 Å². The number of hydrogen-bond acceptors (Lipinski definition) is 4. The van der Waals surface area contributed by atoms with Crippen LogP contribution in [0, 0.1) is 34.6 Å². The summed E-state index contributed by atoms with van der Waals surface area (Å²) in [5.74, 6) is 1.12. The molecule has 5 nitrogen and oxygen atoms in total. The van der Waals surface area contributed by atoms with Crippen LogP contribution in [-0.2, 0) is 0 Å². The van der Waals surface area contributed by atoms with E-state index >= 15 is 0 Å². The minimum atomic E-state index is 0.534. The Bertz CT molecular complexity index is 861. The molecule has 21 heavy (non-hydrogen) atoms. The van der Waals surface area contributed by atoms with Gasteiger partial charge in [-0.25, -0.2) is 4.98 Å². The molecule has 0 bridgehead atoms. The van der Waals surface area contributed by atoms with Crippen molar-refractivity contribution in [2.45, 2.75) is 34.6 Å². The fourth-order valence-corrected chi connectivity index (χ4v) is 2.78. The molecular weight excluding hydrogens is 262 g/mol. The average molecular weight is 281 g/mol. The van der Waals surface area contributed by atoms with Gasteiger partial charge in [0.1, 0.15) is 12.1 Å². The first-order chi connectivity index (χ1) is 9.91. The second kappa shape index (κ2) is 4.55. The van der Waals surface area contributed by atoms with E-state index in [-0.39, 0.29) is 0 Å². The third-order valence-electron chi connectivity index (χ3n) is 4.39. The van der Waals surface area contributed by atoms with Crippen LogP contribution in [-0.4, -0.2) is 19.6 Å². The van der Waals surface area contributed by atoms with E-state index in [4.69, 9.17) is 5.73 Å². The van der Waals surface area contributed by atoms with Gasteiger partial charge in [-0.15, -0.1) is 0 Å². The van der Waals surface area contributed by atoms with Crippen molar-refractivity contribution < 1.29 is 0 Å². The van der Waals surface area contributed by atoms with E-state index in [9.17, 15) is 0 Å². The number of benzene rings is 1. The van der Waals surface area contributed by atoms with Gasteiger partial charge in [0, 0.05) is 5.56 Å². The van der Waals surface area contributed by atoms with Gasteiger partial charge >= 0.3 is 0 Å². The van der Waals surface area contributed by atoms with Crippen molar-refractivity contribution >= 4 is 11.6 Å². The normalized spacial score (nSPS) is 11.3. The van der Waals surface area contributed by atoms with Crippen LogP contribution in [0.15, 0.2) is 12.4 Å². The third-order valence-corrected chi connectivity index (χ3v) is 4.39. The Balaban J connectivity index is 2.40. The summed E-state index contributed by atoms with van der Waals surface area (Å²) in [7, 11) is 0. The maximum Gasteiger partial charge on any atom is 0.254 e. The van der Waals surface area contributed by atoms with Crippen molar-refractivity contribution in [1.29, 1.82) is 0 Å². The van der Waals surface area contributed by atoms with Crippen molar-refractivity contribution in [1.82, 2.24) is 19.6 Å². The van der Waals surface area contributed by atoms with Gasteiger partial charge < -0.3 is 5.73 Å². The molecule has 2 aromatic heterocycles. The van der Waals surface area contributed by atoms with Crippen LogP contribution >= 0.6 is 0 Å². The van der Waals surface area contributed by atoms with Gasteiger partial charge in [0.25, 0.3) is 5.78 Å². The minimum Gasteiger partial charge on any atom is -0.383 e. The van der Waals surface area contributed by atoms with Crippen molar-refractivity contribution in [3.8, 4) is 11.1 Å². The predicted octanol–water partition coefficient (Wildman–Crippen LogP) is 2.92. The number of hydrogen-bond donors (Lipinski definition) is 1. The van der Waals surface area contributed by atoms with Gasteiger partial charge in [-0.1, -0.05) is 6.07 Å². The van der Waals surface area contributed by atoms with Gasteiger partial charge in [-0.2, -0.15) is 14.6 Å². The van der Waals surface area contributed by atoms with E-state index in [1.807, 2.05) is 6.92 Å². The fourth-order valence-electron chi connectivity index (χ4n) is 2.78. The number of rotatable bonds is 1. The highest BCUT2D eigenvalue weighted by Crippen LogP contribution is 2.34. The number of nitrogen functional groups attached to an aromatic ring is 1. The van der Waals surface area contributed by atoms with Gasteiger partial charge in [0.15, 0.2) is 0 Å². The molecular formula is C16H19N5. The van der Waals surface area contributed by atoms with Crippen molar-refractivity contribution in [3.63, 3.8) is 0 Å². The Hall–Kier alpha value is -2.43. The van der Waals surface area contributed by atoms with E-state index in [1.54, 1.807) is 4.52 Å². The minimum absolute atomic E-state index is 0.534. The van der Waals surface area contributed by atoms with Crippen LogP contribution in [0.1, 0.15) is 27.9 Å². The van der Waals surface area contributed by atoms with Crippen LogP contribution in [0.2, 0.25) is 0 Å². The van der Waals surface area contributed by atoms with Gasteiger partial charge in [0.05, 0.1) is 5.69 Å². The molecule has 2 heterocycles. The van der Waals surface area contributed by atoms with Crippen LogP contribution < -0.4 is 5.73 Å². The summed E-state index contributed by atoms with van der Waals surface area (Å²) in [4.78, 5) is 8.61. The van der Waals surface area contributed by atoms with E-state index in [1.165, 1.54) is 28.6 Å². The molecule has 2 N–H and O–H groups in total. The zero-order valence-electron chi connectivity index (χ0n) is 13.0.